The fourth-order valence-electron chi connectivity index (χ4n) is 17.1. The van der Waals surface area contributed by atoms with E-state index in [1.807, 2.05) is 0 Å². The van der Waals surface area contributed by atoms with E-state index in [1.165, 1.54) is 152 Å². The summed E-state index contributed by atoms with van der Waals surface area (Å²) in [7, 11) is 0. The van der Waals surface area contributed by atoms with E-state index in [9.17, 15) is 0 Å². The lowest BCUT2D eigenvalue weighted by Gasteiger charge is -2.50. The van der Waals surface area contributed by atoms with Crippen molar-refractivity contribution in [3.8, 4) is 44.5 Å². The van der Waals surface area contributed by atoms with Gasteiger partial charge in [-0.05, 0) is 172 Å². The summed E-state index contributed by atoms with van der Waals surface area (Å²) in [6.45, 7) is 9.99. The van der Waals surface area contributed by atoms with Gasteiger partial charge in [-0.1, -0.05) is 179 Å². The molecule has 4 aliphatic carbocycles. The first-order chi connectivity index (χ1) is 36.8. The number of hydrogen-bond acceptors (Lipinski definition) is 3. The standard InChI is InChI=1S/C72H62N2O/c1-5-45-19-18-41-70(3)67(45)54-22-8-13-27-62(54)73(70)49-35-30-46(31-36-49)48-34-39-53-60(43-48)72(57-24-10-6-20-51(57)52-21-7-11-25-58(52)72)61-44-56(68-66(65(53)61)55-23-9-15-29-64(55)75-68)47-32-37-50(38-33-47)74-63-28-14-12-26-59(63)69(2)40-16-17-42-71(69,74)4/h6-15,20-39,43-45,67H,5,16-19,40-42H2,1-4H3. The third-order valence-corrected chi connectivity index (χ3v) is 20.6. The van der Waals surface area contributed by atoms with Gasteiger partial charge in [-0.25, -0.2) is 0 Å². The second kappa shape index (κ2) is 15.5. The molecule has 0 bridgehead atoms. The first-order valence-electron chi connectivity index (χ1n) is 28.1. The molecule has 1 aromatic heterocycles. The Balaban J connectivity index is 0.882. The van der Waals surface area contributed by atoms with Crippen molar-refractivity contribution in [1.82, 2.24) is 0 Å². The van der Waals surface area contributed by atoms with Crippen LogP contribution in [0.15, 0.2) is 199 Å². The maximum atomic E-state index is 7.15. The van der Waals surface area contributed by atoms with Crippen molar-refractivity contribution in [3.63, 3.8) is 0 Å². The number of anilines is 4. The maximum absolute atomic E-state index is 7.15. The Kier molecular flexibility index (Phi) is 9.03. The second-order valence-corrected chi connectivity index (χ2v) is 23.8. The van der Waals surface area contributed by atoms with E-state index in [2.05, 4.69) is 232 Å². The summed E-state index contributed by atoms with van der Waals surface area (Å²) in [6, 6.07) is 74.7. The number of para-hydroxylation sites is 3. The molecule has 0 radical (unpaired) electrons. The van der Waals surface area contributed by atoms with Crippen LogP contribution < -0.4 is 9.80 Å². The molecule has 1 spiro atoms. The SMILES string of the molecule is CCC1CCCC2(C)C1c1ccccc1N2c1ccc(-c2ccc3c(c2)C2(c4ccccc4-c4ccccc42)c2cc(-c4ccc(N5c6ccccc6C6(C)CCCCC56C)cc4)c4oc5ccccc5c4c2-3)cc1. The number of nitrogens with zero attached hydrogens (tertiary/aromatic N) is 2. The van der Waals surface area contributed by atoms with Crippen LogP contribution in [0, 0.1) is 5.92 Å². The summed E-state index contributed by atoms with van der Waals surface area (Å²) in [5, 5.41) is 2.36. The largest absolute Gasteiger partial charge is 0.455 e. The van der Waals surface area contributed by atoms with Crippen LogP contribution in [0.4, 0.5) is 22.7 Å². The van der Waals surface area contributed by atoms with E-state index in [1.54, 1.807) is 0 Å². The average molecular weight is 971 g/mol. The Morgan fingerprint density at radius 2 is 1.12 bits per heavy atom. The van der Waals surface area contributed by atoms with Crippen molar-refractivity contribution in [1.29, 1.82) is 0 Å². The molecule has 2 fully saturated rings. The molecule has 6 aliphatic rings. The van der Waals surface area contributed by atoms with E-state index >= 15 is 0 Å². The van der Waals surface area contributed by atoms with Gasteiger partial charge in [0.15, 0.2) is 0 Å². The summed E-state index contributed by atoms with van der Waals surface area (Å²) < 4.78 is 7.15. The molecule has 16 rings (SSSR count). The lowest BCUT2D eigenvalue weighted by atomic mass is 9.61. The van der Waals surface area contributed by atoms with Crippen molar-refractivity contribution in [2.45, 2.75) is 107 Å². The zero-order valence-electron chi connectivity index (χ0n) is 43.6. The van der Waals surface area contributed by atoms with Crippen LogP contribution in [0.1, 0.15) is 118 Å². The van der Waals surface area contributed by atoms with Crippen molar-refractivity contribution in [3.05, 3.63) is 228 Å². The molecule has 10 aromatic rings. The van der Waals surface area contributed by atoms with Gasteiger partial charge in [-0.3, -0.25) is 0 Å². The topological polar surface area (TPSA) is 19.6 Å². The normalized spacial score (nSPS) is 24.2. The van der Waals surface area contributed by atoms with Crippen molar-refractivity contribution < 1.29 is 4.42 Å². The van der Waals surface area contributed by atoms with Gasteiger partial charge in [-0.2, -0.15) is 0 Å². The third-order valence-electron chi connectivity index (χ3n) is 20.6. The first kappa shape index (κ1) is 43.7. The molecule has 5 unspecified atom stereocenters. The highest BCUT2D eigenvalue weighted by molar-refractivity contribution is 6.20. The third kappa shape index (κ3) is 5.51. The lowest BCUT2D eigenvalue weighted by molar-refractivity contribution is 0.195. The molecule has 9 aromatic carbocycles. The lowest BCUT2D eigenvalue weighted by Crippen LogP contribution is -2.54. The molecule has 5 atom stereocenters. The zero-order chi connectivity index (χ0) is 50.0. The molecule has 3 heteroatoms. The summed E-state index contributed by atoms with van der Waals surface area (Å²) in [6.07, 6.45) is 9.96. The summed E-state index contributed by atoms with van der Waals surface area (Å²) in [4.78, 5) is 5.40. The van der Waals surface area contributed by atoms with E-state index in [0.717, 1.165) is 22.1 Å². The Hall–Kier alpha value is -7.62. The maximum Gasteiger partial charge on any atom is 0.143 e. The van der Waals surface area contributed by atoms with Crippen LogP contribution in [0.3, 0.4) is 0 Å². The van der Waals surface area contributed by atoms with Crippen LogP contribution in [-0.2, 0) is 10.8 Å². The average Bonchev–Trinajstić information content (AvgIpc) is 4.24. The fraction of sp³-hybridized carbons (Fsp3) is 0.250. The number of hydrogen-bond donors (Lipinski definition) is 0. The molecule has 3 nitrogen and oxygen atoms in total. The molecule has 366 valence electrons. The van der Waals surface area contributed by atoms with Gasteiger partial charge in [0.2, 0.25) is 0 Å². The van der Waals surface area contributed by atoms with Crippen LogP contribution in [0.2, 0.25) is 0 Å². The Bertz CT molecular complexity index is 3960. The minimum absolute atomic E-state index is 0.00614. The van der Waals surface area contributed by atoms with E-state index < -0.39 is 5.41 Å². The van der Waals surface area contributed by atoms with Crippen molar-refractivity contribution in [2.24, 2.45) is 5.92 Å². The Morgan fingerprint density at radius 1 is 0.493 bits per heavy atom. The quantitative estimate of drug-likeness (QED) is 0.171. The molecule has 75 heavy (non-hydrogen) atoms. The smallest absolute Gasteiger partial charge is 0.143 e. The number of benzene rings is 9. The highest BCUT2D eigenvalue weighted by Crippen LogP contribution is 2.67. The van der Waals surface area contributed by atoms with E-state index in [-0.39, 0.29) is 16.5 Å². The van der Waals surface area contributed by atoms with Gasteiger partial charge in [-0.15, -0.1) is 0 Å². The molecule has 2 aliphatic heterocycles. The van der Waals surface area contributed by atoms with Crippen molar-refractivity contribution >= 4 is 44.7 Å². The second-order valence-electron chi connectivity index (χ2n) is 23.8. The summed E-state index contributed by atoms with van der Waals surface area (Å²) >= 11 is 0. The molecule has 2 saturated carbocycles. The predicted molar refractivity (Wildman–Crippen MR) is 311 cm³/mol. The summed E-state index contributed by atoms with van der Waals surface area (Å²) in [5.74, 6) is 1.25. The molecular formula is C72H62N2O. The highest BCUT2D eigenvalue weighted by atomic mass is 16.3. The summed E-state index contributed by atoms with van der Waals surface area (Å²) in [5.41, 5.74) is 25.1. The number of fused-ring (bicyclic) bond motifs is 20. The number of furan rings is 1. The Morgan fingerprint density at radius 3 is 1.88 bits per heavy atom. The molecule has 0 amide bonds. The van der Waals surface area contributed by atoms with Gasteiger partial charge in [0.05, 0.1) is 11.0 Å². The molecule has 3 heterocycles. The van der Waals surface area contributed by atoms with E-state index in [0.29, 0.717) is 11.8 Å². The molecule has 0 saturated heterocycles. The zero-order valence-corrected chi connectivity index (χ0v) is 43.6. The minimum atomic E-state index is -0.561. The van der Waals surface area contributed by atoms with E-state index in [4.69, 9.17) is 4.42 Å². The molecule has 0 N–H and O–H groups in total. The monoisotopic (exact) mass is 970 g/mol. The first-order valence-corrected chi connectivity index (χ1v) is 28.1. The molecular weight excluding hydrogens is 909 g/mol. The van der Waals surface area contributed by atoms with Gasteiger partial charge >= 0.3 is 0 Å². The fourth-order valence-corrected chi connectivity index (χ4v) is 17.1. The van der Waals surface area contributed by atoms with Gasteiger partial charge in [0.1, 0.15) is 11.2 Å². The van der Waals surface area contributed by atoms with Gasteiger partial charge in [0, 0.05) is 56.0 Å². The number of rotatable bonds is 5. The van der Waals surface area contributed by atoms with Crippen LogP contribution in [0.5, 0.6) is 0 Å². The Labute approximate surface area is 441 Å². The highest BCUT2D eigenvalue weighted by Gasteiger charge is 2.58. The van der Waals surface area contributed by atoms with Crippen LogP contribution in [0.25, 0.3) is 66.4 Å². The van der Waals surface area contributed by atoms with Crippen LogP contribution >= 0.6 is 0 Å². The van der Waals surface area contributed by atoms with Crippen LogP contribution in [-0.4, -0.2) is 11.1 Å². The minimum Gasteiger partial charge on any atom is -0.455 e. The van der Waals surface area contributed by atoms with Gasteiger partial charge < -0.3 is 14.2 Å². The van der Waals surface area contributed by atoms with Gasteiger partial charge in [0.25, 0.3) is 0 Å². The predicted octanol–water partition coefficient (Wildman–Crippen LogP) is 19.2. The van der Waals surface area contributed by atoms with Crippen molar-refractivity contribution in [2.75, 3.05) is 9.80 Å².